The normalized spacial score (nSPS) is 28.8. The minimum Gasteiger partial charge on any atom is -0.493 e. The van der Waals surface area contributed by atoms with Crippen LogP contribution >= 0.6 is 11.6 Å². The summed E-state index contributed by atoms with van der Waals surface area (Å²) in [4.78, 5) is 0. The highest BCUT2D eigenvalue weighted by Crippen LogP contribution is 2.45. The van der Waals surface area contributed by atoms with E-state index in [9.17, 15) is 20.4 Å². The fourth-order valence-electron chi connectivity index (χ4n) is 4.55. The van der Waals surface area contributed by atoms with Crippen LogP contribution in [0, 0.1) is 0 Å². The Morgan fingerprint density at radius 2 is 1.69 bits per heavy atom. The number of aliphatic hydroxyl groups excluding tert-OH is 4. The number of hydrogen-bond donors (Lipinski definition) is 4. The van der Waals surface area contributed by atoms with Crippen molar-refractivity contribution in [1.29, 1.82) is 0 Å². The maximum Gasteiger partial charge on any atom is 0.161 e. The second-order valence-electron chi connectivity index (χ2n) is 8.25. The zero-order valence-corrected chi connectivity index (χ0v) is 18.0. The first-order valence-corrected chi connectivity index (χ1v) is 11.0. The number of aliphatic hydroxyl groups is 4. The first-order valence-electron chi connectivity index (χ1n) is 10.6. The molecule has 3 heterocycles. The highest BCUT2D eigenvalue weighted by molar-refractivity contribution is 6.32. The second-order valence-corrected chi connectivity index (χ2v) is 8.63. The molecule has 2 aromatic rings. The SMILES string of the molecule is OC[C@H]1O[C@@H](c2cc(Cc3ccc4c(c3)OCCO4)c(Cl)c3c2OCC3)[C@H](O)[C@@H](O)[C@@H]1O. The number of benzene rings is 2. The third-order valence-corrected chi connectivity index (χ3v) is 6.68. The fourth-order valence-corrected chi connectivity index (χ4v) is 4.85. The average Bonchev–Trinajstić information content (AvgIpc) is 3.30. The van der Waals surface area contributed by atoms with Crippen LogP contribution in [0.2, 0.25) is 5.02 Å². The van der Waals surface area contributed by atoms with E-state index in [0.717, 1.165) is 16.7 Å². The van der Waals surface area contributed by atoms with Crippen LogP contribution < -0.4 is 14.2 Å². The van der Waals surface area contributed by atoms with E-state index in [-0.39, 0.29) is 0 Å². The summed E-state index contributed by atoms with van der Waals surface area (Å²) in [5.41, 5.74) is 3.12. The molecule has 0 aromatic heterocycles. The third-order valence-electron chi connectivity index (χ3n) is 6.21. The number of hydrogen-bond acceptors (Lipinski definition) is 8. The summed E-state index contributed by atoms with van der Waals surface area (Å²) in [7, 11) is 0. The van der Waals surface area contributed by atoms with Gasteiger partial charge in [-0.05, 0) is 35.7 Å². The van der Waals surface area contributed by atoms with Gasteiger partial charge in [0, 0.05) is 17.5 Å². The van der Waals surface area contributed by atoms with E-state index in [1.807, 2.05) is 18.2 Å². The molecule has 0 bridgehead atoms. The van der Waals surface area contributed by atoms with Gasteiger partial charge in [0.05, 0.1) is 18.2 Å². The molecular weight excluding hydrogens is 440 g/mol. The first kappa shape index (κ1) is 21.8. The summed E-state index contributed by atoms with van der Waals surface area (Å²) in [6.45, 7) is 0.954. The molecule has 0 amide bonds. The Morgan fingerprint density at radius 3 is 2.47 bits per heavy atom. The van der Waals surface area contributed by atoms with E-state index in [4.69, 9.17) is 30.5 Å². The van der Waals surface area contributed by atoms with Gasteiger partial charge in [-0.2, -0.15) is 0 Å². The molecule has 1 fully saturated rings. The van der Waals surface area contributed by atoms with Crippen LogP contribution in [0.5, 0.6) is 17.2 Å². The van der Waals surface area contributed by atoms with Crippen LogP contribution in [0.25, 0.3) is 0 Å². The van der Waals surface area contributed by atoms with E-state index in [1.165, 1.54) is 0 Å². The largest absolute Gasteiger partial charge is 0.493 e. The maximum atomic E-state index is 10.7. The van der Waals surface area contributed by atoms with Crippen LogP contribution in [-0.4, -0.2) is 71.3 Å². The number of rotatable bonds is 4. The van der Waals surface area contributed by atoms with Crippen LogP contribution in [0.4, 0.5) is 0 Å². The van der Waals surface area contributed by atoms with Crippen molar-refractivity contribution >= 4 is 11.6 Å². The Bertz CT molecular complexity index is 1010. The Balaban J connectivity index is 1.52. The van der Waals surface area contributed by atoms with Gasteiger partial charge in [0.15, 0.2) is 11.5 Å². The molecular formula is C23H25ClO8. The smallest absolute Gasteiger partial charge is 0.161 e. The van der Waals surface area contributed by atoms with Crippen molar-refractivity contribution in [1.82, 2.24) is 0 Å². The topological polar surface area (TPSA) is 118 Å². The minimum absolute atomic E-state index is 0.437. The second kappa shape index (κ2) is 8.70. The van der Waals surface area contributed by atoms with Crippen molar-refractivity contribution in [2.75, 3.05) is 26.4 Å². The molecule has 0 saturated carbocycles. The number of fused-ring (bicyclic) bond motifs is 2. The molecule has 2 aromatic carbocycles. The van der Waals surface area contributed by atoms with E-state index in [0.29, 0.717) is 60.5 Å². The average molecular weight is 465 g/mol. The van der Waals surface area contributed by atoms with Gasteiger partial charge in [0.2, 0.25) is 0 Å². The molecule has 0 aliphatic carbocycles. The van der Waals surface area contributed by atoms with Crippen LogP contribution in [-0.2, 0) is 17.6 Å². The van der Waals surface area contributed by atoms with E-state index in [2.05, 4.69) is 0 Å². The van der Waals surface area contributed by atoms with Crippen molar-refractivity contribution in [2.24, 2.45) is 0 Å². The Morgan fingerprint density at radius 1 is 0.906 bits per heavy atom. The zero-order valence-electron chi connectivity index (χ0n) is 17.2. The predicted molar refractivity (Wildman–Crippen MR) is 114 cm³/mol. The summed E-state index contributed by atoms with van der Waals surface area (Å²) in [5, 5.41) is 41.2. The van der Waals surface area contributed by atoms with Crippen molar-refractivity contribution in [2.45, 2.75) is 43.4 Å². The molecule has 5 atom stereocenters. The van der Waals surface area contributed by atoms with Gasteiger partial charge in [-0.1, -0.05) is 17.7 Å². The fraction of sp³-hybridized carbons (Fsp3) is 0.478. The van der Waals surface area contributed by atoms with Gasteiger partial charge in [0.1, 0.15) is 49.5 Å². The predicted octanol–water partition coefficient (Wildman–Crippen LogP) is 1.15. The molecule has 1 saturated heterocycles. The third kappa shape index (κ3) is 3.71. The van der Waals surface area contributed by atoms with E-state index >= 15 is 0 Å². The quantitative estimate of drug-likeness (QED) is 0.532. The van der Waals surface area contributed by atoms with E-state index in [1.54, 1.807) is 6.07 Å². The summed E-state index contributed by atoms with van der Waals surface area (Å²) >= 11 is 6.73. The summed E-state index contributed by atoms with van der Waals surface area (Å²) in [6, 6.07) is 7.53. The van der Waals surface area contributed by atoms with Crippen LogP contribution in [0.15, 0.2) is 24.3 Å². The number of halogens is 1. The molecule has 32 heavy (non-hydrogen) atoms. The van der Waals surface area contributed by atoms with E-state index < -0.39 is 37.1 Å². The van der Waals surface area contributed by atoms with Crippen LogP contribution in [0.3, 0.4) is 0 Å². The van der Waals surface area contributed by atoms with Gasteiger partial charge >= 0.3 is 0 Å². The Hall–Kier alpha value is -2.07. The molecule has 5 rings (SSSR count). The lowest BCUT2D eigenvalue weighted by Gasteiger charge is -2.40. The number of ether oxygens (including phenoxy) is 4. The van der Waals surface area contributed by atoms with Crippen molar-refractivity contribution < 1.29 is 39.4 Å². The monoisotopic (exact) mass is 464 g/mol. The zero-order chi connectivity index (χ0) is 22.4. The van der Waals surface area contributed by atoms with Crippen molar-refractivity contribution in [3.05, 3.63) is 51.5 Å². The highest BCUT2D eigenvalue weighted by atomic mass is 35.5. The molecule has 9 heteroatoms. The maximum absolute atomic E-state index is 10.7. The van der Waals surface area contributed by atoms with Gasteiger partial charge < -0.3 is 39.4 Å². The molecule has 3 aliphatic rings. The molecule has 8 nitrogen and oxygen atoms in total. The molecule has 0 unspecified atom stereocenters. The van der Waals surface area contributed by atoms with Crippen LogP contribution in [0.1, 0.15) is 28.4 Å². The summed E-state index contributed by atoms with van der Waals surface area (Å²) < 4.78 is 22.9. The molecule has 0 radical (unpaired) electrons. The van der Waals surface area contributed by atoms with Gasteiger partial charge in [-0.25, -0.2) is 0 Å². The van der Waals surface area contributed by atoms with Gasteiger partial charge in [0.25, 0.3) is 0 Å². The van der Waals surface area contributed by atoms with Gasteiger partial charge in [-0.3, -0.25) is 0 Å². The van der Waals surface area contributed by atoms with Gasteiger partial charge in [-0.15, -0.1) is 0 Å². The molecule has 3 aliphatic heterocycles. The summed E-state index contributed by atoms with van der Waals surface area (Å²) in [5.74, 6) is 1.91. The van der Waals surface area contributed by atoms with Crippen molar-refractivity contribution in [3.8, 4) is 17.2 Å². The van der Waals surface area contributed by atoms with Crippen molar-refractivity contribution in [3.63, 3.8) is 0 Å². The first-order chi connectivity index (χ1) is 15.5. The lowest BCUT2D eigenvalue weighted by molar-refractivity contribution is -0.232. The summed E-state index contributed by atoms with van der Waals surface area (Å²) in [6.07, 6.45) is -5.20. The molecule has 0 spiro atoms. The lowest BCUT2D eigenvalue weighted by atomic mass is 9.88. The Labute approximate surface area is 189 Å². The molecule has 4 N–H and O–H groups in total. The highest BCUT2D eigenvalue weighted by Gasteiger charge is 2.45. The Kier molecular flexibility index (Phi) is 5.92. The molecule has 172 valence electrons. The standard InChI is InChI=1S/C23H25ClO8/c24-18-12(7-11-1-2-15-16(8-11)30-6-5-29-15)9-14(22-13(18)3-4-31-22)23-21(28)20(27)19(26)17(10-25)32-23/h1-2,8-9,17,19-21,23,25-28H,3-7,10H2/t17-,19-,20+,21-,23+/m1/s1. The minimum atomic E-state index is -1.47. The lowest BCUT2D eigenvalue weighted by Crippen LogP contribution is -2.55.